The number of halogens is 1. The highest BCUT2D eigenvalue weighted by molar-refractivity contribution is 9.11. The standard InChI is InChI=1S/C17H18BrNO3S2/c1-11(24(21)10-12-8-16(18)23-9-12)17(20)19-14-6-7-22-15-5-3-2-4-13(14)15/h2-5,8-9,11,14H,6-7,10H2,1H3,(H,19,20)/t11-,14-,24+/m1/s1. The van der Waals surface area contributed by atoms with E-state index in [0.717, 1.165) is 27.1 Å². The summed E-state index contributed by atoms with van der Waals surface area (Å²) in [5, 5.41) is 4.43. The largest absolute Gasteiger partial charge is 0.493 e. The maximum atomic E-state index is 12.5. The maximum absolute atomic E-state index is 12.5. The van der Waals surface area contributed by atoms with Crippen molar-refractivity contribution in [2.24, 2.45) is 0 Å². The molecule has 2 heterocycles. The first-order valence-corrected chi connectivity index (χ1v) is 10.7. The molecule has 2 aromatic rings. The Hall–Kier alpha value is -1.18. The summed E-state index contributed by atoms with van der Waals surface area (Å²) in [6, 6.07) is 9.58. The molecule has 4 nitrogen and oxygen atoms in total. The minimum absolute atomic E-state index is 0.0859. The van der Waals surface area contributed by atoms with E-state index in [1.165, 1.54) is 0 Å². The molecule has 1 N–H and O–H groups in total. The van der Waals surface area contributed by atoms with Gasteiger partial charge in [-0.3, -0.25) is 9.00 Å². The minimum atomic E-state index is -1.25. The van der Waals surface area contributed by atoms with Gasteiger partial charge < -0.3 is 10.1 Å². The Kier molecular flexibility index (Phi) is 5.73. The summed E-state index contributed by atoms with van der Waals surface area (Å²) in [7, 11) is -1.25. The predicted octanol–water partition coefficient (Wildman–Crippen LogP) is 3.79. The number of amides is 1. The van der Waals surface area contributed by atoms with Gasteiger partial charge in [0.15, 0.2) is 0 Å². The van der Waals surface area contributed by atoms with Crippen LogP contribution in [0, 0.1) is 0 Å². The number of nitrogens with one attached hydrogen (secondary N) is 1. The van der Waals surface area contributed by atoms with Crippen molar-refractivity contribution >= 4 is 44.0 Å². The van der Waals surface area contributed by atoms with Gasteiger partial charge >= 0.3 is 0 Å². The Morgan fingerprint density at radius 1 is 1.50 bits per heavy atom. The molecule has 0 fully saturated rings. The summed E-state index contributed by atoms with van der Waals surface area (Å²) in [5.74, 6) is 1.02. The summed E-state index contributed by atoms with van der Waals surface area (Å²) < 4.78 is 19.1. The molecule has 1 amide bonds. The van der Waals surface area contributed by atoms with E-state index in [1.54, 1.807) is 18.3 Å². The van der Waals surface area contributed by atoms with Crippen LogP contribution in [0.4, 0.5) is 0 Å². The van der Waals surface area contributed by atoms with Crippen LogP contribution in [0.25, 0.3) is 0 Å². The van der Waals surface area contributed by atoms with Crippen LogP contribution in [0.5, 0.6) is 5.75 Å². The van der Waals surface area contributed by atoms with Gasteiger partial charge in [0, 0.05) is 22.8 Å². The number of thiophene rings is 1. The zero-order valence-corrected chi connectivity index (χ0v) is 16.4. The topological polar surface area (TPSA) is 55.4 Å². The second-order valence-electron chi connectivity index (χ2n) is 5.66. The quantitative estimate of drug-likeness (QED) is 0.789. The fourth-order valence-corrected chi connectivity index (χ4v) is 4.98. The van der Waals surface area contributed by atoms with Gasteiger partial charge in [-0.2, -0.15) is 0 Å². The smallest absolute Gasteiger partial charge is 0.235 e. The van der Waals surface area contributed by atoms with Gasteiger partial charge in [-0.05, 0) is 45.9 Å². The van der Waals surface area contributed by atoms with Gasteiger partial charge in [0.2, 0.25) is 5.91 Å². The molecule has 3 rings (SSSR count). The Balaban J connectivity index is 1.63. The average Bonchev–Trinajstić information content (AvgIpc) is 2.99. The van der Waals surface area contributed by atoms with Crippen molar-refractivity contribution in [2.75, 3.05) is 6.61 Å². The molecule has 1 aromatic carbocycles. The third-order valence-corrected chi connectivity index (χ3v) is 7.14. The molecule has 0 saturated heterocycles. The summed E-state index contributed by atoms with van der Waals surface area (Å²) in [6.45, 7) is 2.29. The van der Waals surface area contributed by atoms with Crippen molar-refractivity contribution < 1.29 is 13.7 Å². The van der Waals surface area contributed by atoms with Crippen LogP contribution in [-0.2, 0) is 21.3 Å². The first-order valence-electron chi connectivity index (χ1n) is 7.67. The number of carbonyl (C=O) groups excluding carboxylic acids is 1. The van der Waals surface area contributed by atoms with Gasteiger partial charge in [-0.15, -0.1) is 11.3 Å². The summed E-state index contributed by atoms with van der Waals surface area (Å²) >= 11 is 4.95. The zero-order chi connectivity index (χ0) is 17.1. The highest BCUT2D eigenvalue weighted by atomic mass is 79.9. The van der Waals surface area contributed by atoms with Gasteiger partial charge in [-0.25, -0.2) is 0 Å². The van der Waals surface area contributed by atoms with E-state index in [-0.39, 0.29) is 11.9 Å². The molecule has 1 aliphatic rings. The molecule has 1 aliphatic heterocycles. The SMILES string of the molecule is C[C@H](C(=O)N[C@@H]1CCOc2ccccc21)[S@@](=O)Cc1csc(Br)c1. The van der Waals surface area contributed by atoms with Crippen LogP contribution in [0.1, 0.15) is 30.5 Å². The molecule has 128 valence electrons. The van der Waals surface area contributed by atoms with E-state index in [9.17, 15) is 9.00 Å². The minimum Gasteiger partial charge on any atom is -0.493 e. The number of hydrogen-bond donors (Lipinski definition) is 1. The molecule has 0 aliphatic carbocycles. The Morgan fingerprint density at radius 2 is 2.29 bits per heavy atom. The third-order valence-electron chi connectivity index (χ3n) is 3.97. The number of rotatable bonds is 5. The third kappa shape index (κ3) is 4.07. The molecule has 0 radical (unpaired) electrons. The molecule has 1 aromatic heterocycles. The van der Waals surface area contributed by atoms with Crippen LogP contribution >= 0.6 is 27.3 Å². The van der Waals surface area contributed by atoms with E-state index < -0.39 is 16.0 Å². The van der Waals surface area contributed by atoms with Gasteiger partial charge in [0.1, 0.15) is 11.0 Å². The summed E-state index contributed by atoms with van der Waals surface area (Å²) in [5.41, 5.74) is 1.97. The normalized spacial score (nSPS) is 19.0. The van der Waals surface area contributed by atoms with Crippen LogP contribution in [0.2, 0.25) is 0 Å². The van der Waals surface area contributed by atoms with E-state index in [2.05, 4.69) is 21.2 Å². The fraction of sp³-hybridized carbons (Fsp3) is 0.353. The first-order chi connectivity index (χ1) is 11.5. The lowest BCUT2D eigenvalue weighted by atomic mass is 10.0. The van der Waals surface area contributed by atoms with Crippen molar-refractivity contribution in [3.05, 3.63) is 50.6 Å². The Morgan fingerprint density at radius 3 is 3.04 bits per heavy atom. The van der Waals surface area contributed by atoms with Crippen molar-refractivity contribution in [2.45, 2.75) is 30.4 Å². The van der Waals surface area contributed by atoms with Gasteiger partial charge in [0.05, 0.1) is 22.2 Å². The maximum Gasteiger partial charge on any atom is 0.235 e. The lowest BCUT2D eigenvalue weighted by molar-refractivity contribution is -0.121. The molecular formula is C17H18BrNO3S2. The van der Waals surface area contributed by atoms with Crippen molar-refractivity contribution in [3.8, 4) is 5.75 Å². The highest BCUT2D eigenvalue weighted by Crippen LogP contribution is 2.31. The second kappa shape index (κ2) is 7.80. The fourth-order valence-electron chi connectivity index (χ4n) is 2.61. The number of para-hydroxylation sites is 1. The summed E-state index contributed by atoms with van der Waals surface area (Å²) in [4.78, 5) is 12.5. The van der Waals surface area contributed by atoms with E-state index in [0.29, 0.717) is 12.4 Å². The Bertz CT molecular complexity index is 762. The van der Waals surface area contributed by atoms with Crippen molar-refractivity contribution in [1.29, 1.82) is 0 Å². The second-order valence-corrected chi connectivity index (χ2v) is 9.71. The number of hydrogen-bond acceptors (Lipinski definition) is 4. The highest BCUT2D eigenvalue weighted by Gasteiger charge is 2.27. The Labute approximate surface area is 156 Å². The molecular weight excluding hydrogens is 410 g/mol. The molecule has 24 heavy (non-hydrogen) atoms. The molecule has 0 saturated carbocycles. The van der Waals surface area contributed by atoms with E-state index in [4.69, 9.17) is 4.74 Å². The number of fused-ring (bicyclic) bond motifs is 1. The first kappa shape index (κ1) is 17.6. The van der Waals surface area contributed by atoms with E-state index in [1.807, 2.05) is 35.7 Å². The van der Waals surface area contributed by atoms with Gasteiger partial charge in [0.25, 0.3) is 0 Å². The predicted molar refractivity (Wildman–Crippen MR) is 101 cm³/mol. The molecule has 7 heteroatoms. The molecule has 3 atom stereocenters. The van der Waals surface area contributed by atoms with Gasteiger partial charge in [-0.1, -0.05) is 18.2 Å². The number of ether oxygens (including phenoxy) is 1. The lowest BCUT2D eigenvalue weighted by Gasteiger charge is -2.27. The molecule has 0 bridgehead atoms. The average molecular weight is 428 g/mol. The van der Waals surface area contributed by atoms with Crippen LogP contribution in [0.15, 0.2) is 39.5 Å². The van der Waals surface area contributed by atoms with Crippen LogP contribution in [0.3, 0.4) is 0 Å². The summed E-state index contributed by atoms with van der Waals surface area (Å²) in [6.07, 6.45) is 0.722. The van der Waals surface area contributed by atoms with Crippen LogP contribution in [-0.4, -0.2) is 22.0 Å². The molecule has 0 unspecified atom stereocenters. The number of carbonyl (C=O) groups is 1. The van der Waals surface area contributed by atoms with Crippen molar-refractivity contribution in [1.82, 2.24) is 5.32 Å². The van der Waals surface area contributed by atoms with E-state index >= 15 is 0 Å². The number of benzene rings is 1. The zero-order valence-electron chi connectivity index (χ0n) is 13.2. The lowest BCUT2D eigenvalue weighted by Crippen LogP contribution is -2.39. The monoisotopic (exact) mass is 427 g/mol. The molecule has 0 spiro atoms. The van der Waals surface area contributed by atoms with Crippen molar-refractivity contribution in [3.63, 3.8) is 0 Å². The van der Waals surface area contributed by atoms with Crippen LogP contribution < -0.4 is 10.1 Å².